The first kappa shape index (κ1) is 16.6. The van der Waals surface area contributed by atoms with Crippen molar-refractivity contribution >= 4 is 11.8 Å². The van der Waals surface area contributed by atoms with E-state index in [1.165, 1.54) is 32.8 Å². The van der Waals surface area contributed by atoms with Crippen molar-refractivity contribution in [1.82, 2.24) is 0 Å². The SMILES string of the molecule is COC(=O)[C@@]1(C)CCC[C@]2(C)[C@H]3CC(=O)[C@H](C)[C@H]4CC[C@]43CC[C@H]21. The van der Waals surface area contributed by atoms with Crippen molar-refractivity contribution in [3.05, 3.63) is 0 Å². The van der Waals surface area contributed by atoms with Gasteiger partial charge in [0.1, 0.15) is 5.78 Å². The molecule has 3 heteroatoms. The summed E-state index contributed by atoms with van der Waals surface area (Å²) in [5, 5.41) is 0. The highest BCUT2D eigenvalue weighted by molar-refractivity contribution is 5.83. The van der Waals surface area contributed by atoms with Gasteiger partial charge in [-0.3, -0.25) is 9.59 Å². The van der Waals surface area contributed by atoms with Crippen molar-refractivity contribution in [2.24, 2.45) is 39.9 Å². The third-order valence-corrected chi connectivity index (χ3v) is 9.19. The summed E-state index contributed by atoms with van der Waals surface area (Å²) in [5.41, 5.74) is 0.148. The summed E-state index contributed by atoms with van der Waals surface area (Å²) in [6.07, 6.45) is 8.83. The van der Waals surface area contributed by atoms with Gasteiger partial charge in [-0.15, -0.1) is 0 Å². The first-order valence-corrected chi connectivity index (χ1v) is 9.91. The Labute approximate surface area is 145 Å². The van der Waals surface area contributed by atoms with Crippen LogP contribution in [0.3, 0.4) is 0 Å². The van der Waals surface area contributed by atoms with E-state index in [-0.39, 0.29) is 22.7 Å². The molecule has 0 amide bonds. The predicted molar refractivity (Wildman–Crippen MR) is 92.2 cm³/mol. The summed E-state index contributed by atoms with van der Waals surface area (Å²) in [6, 6.07) is 0. The number of esters is 1. The quantitative estimate of drug-likeness (QED) is 0.669. The molecule has 4 fully saturated rings. The Hall–Kier alpha value is -0.860. The van der Waals surface area contributed by atoms with Gasteiger partial charge in [0, 0.05) is 12.3 Å². The fourth-order valence-electron chi connectivity index (χ4n) is 7.92. The monoisotopic (exact) mass is 332 g/mol. The normalized spacial score (nSPS) is 53.2. The van der Waals surface area contributed by atoms with Crippen LogP contribution in [0.2, 0.25) is 0 Å². The van der Waals surface area contributed by atoms with E-state index in [1.807, 2.05) is 0 Å². The summed E-state index contributed by atoms with van der Waals surface area (Å²) < 4.78 is 5.22. The molecule has 3 nitrogen and oxygen atoms in total. The molecule has 0 bridgehead atoms. The lowest BCUT2D eigenvalue weighted by atomic mass is 9.33. The maximum Gasteiger partial charge on any atom is 0.311 e. The van der Waals surface area contributed by atoms with Crippen LogP contribution in [0, 0.1) is 39.9 Å². The molecule has 0 saturated heterocycles. The molecule has 0 aromatic heterocycles. The Balaban J connectivity index is 1.75. The van der Waals surface area contributed by atoms with Crippen LogP contribution in [0.5, 0.6) is 0 Å². The minimum absolute atomic E-state index is 0.0324. The van der Waals surface area contributed by atoms with Crippen molar-refractivity contribution in [3.8, 4) is 0 Å². The van der Waals surface area contributed by atoms with Gasteiger partial charge < -0.3 is 4.74 Å². The minimum atomic E-state index is -0.366. The molecule has 4 rings (SSSR count). The Morgan fingerprint density at radius 2 is 1.79 bits per heavy atom. The van der Waals surface area contributed by atoms with E-state index in [0.717, 1.165) is 25.7 Å². The van der Waals surface area contributed by atoms with Gasteiger partial charge in [0.25, 0.3) is 0 Å². The van der Waals surface area contributed by atoms with Gasteiger partial charge in [-0.25, -0.2) is 0 Å². The van der Waals surface area contributed by atoms with Gasteiger partial charge in [0.2, 0.25) is 0 Å². The van der Waals surface area contributed by atoms with Crippen molar-refractivity contribution in [3.63, 3.8) is 0 Å². The molecule has 4 aliphatic carbocycles. The summed E-state index contributed by atoms with van der Waals surface area (Å²) >= 11 is 0. The molecule has 1 spiro atoms. The van der Waals surface area contributed by atoms with E-state index in [1.54, 1.807) is 0 Å². The fourth-order valence-corrected chi connectivity index (χ4v) is 7.92. The first-order chi connectivity index (χ1) is 11.3. The smallest absolute Gasteiger partial charge is 0.311 e. The lowest BCUT2D eigenvalue weighted by Crippen LogP contribution is -2.66. The number of carbonyl (C=O) groups is 2. The van der Waals surface area contributed by atoms with Gasteiger partial charge in [-0.1, -0.05) is 20.3 Å². The maximum atomic E-state index is 12.7. The molecule has 0 aromatic carbocycles. The average molecular weight is 332 g/mol. The molecular formula is C21H32O3. The van der Waals surface area contributed by atoms with E-state index >= 15 is 0 Å². The van der Waals surface area contributed by atoms with Crippen molar-refractivity contribution in [2.75, 3.05) is 7.11 Å². The lowest BCUT2D eigenvalue weighted by Gasteiger charge is -2.70. The Bertz CT molecular complexity index is 584. The summed E-state index contributed by atoms with van der Waals surface area (Å²) in [7, 11) is 1.53. The number of rotatable bonds is 1. The highest BCUT2D eigenvalue weighted by Crippen LogP contribution is 2.73. The van der Waals surface area contributed by atoms with Crippen LogP contribution in [-0.4, -0.2) is 18.9 Å². The number of methoxy groups -OCH3 is 1. The van der Waals surface area contributed by atoms with Gasteiger partial charge in [0.05, 0.1) is 12.5 Å². The number of carbonyl (C=O) groups excluding carboxylic acids is 2. The van der Waals surface area contributed by atoms with Crippen molar-refractivity contribution in [1.29, 1.82) is 0 Å². The molecule has 0 radical (unpaired) electrons. The summed E-state index contributed by atoms with van der Waals surface area (Å²) in [4.78, 5) is 25.3. The van der Waals surface area contributed by atoms with Gasteiger partial charge >= 0.3 is 5.97 Å². The first-order valence-electron chi connectivity index (χ1n) is 9.91. The zero-order valence-corrected chi connectivity index (χ0v) is 15.7. The third-order valence-electron chi connectivity index (χ3n) is 9.19. The molecular weight excluding hydrogens is 300 g/mol. The molecule has 0 unspecified atom stereocenters. The van der Waals surface area contributed by atoms with E-state index in [9.17, 15) is 9.59 Å². The number of fused-ring (bicyclic) bond motifs is 2. The summed E-state index contributed by atoms with van der Waals surface area (Å²) in [5.74, 6) is 2.15. The minimum Gasteiger partial charge on any atom is -0.469 e. The number of ketones is 1. The van der Waals surface area contributed by atoms with Crippen LogP contribution in [0.25, 0.3) is 0 Å². The van der Waals surface area contributed by atoms with Crippen LogP contribution in [0.15, 0.2) is 0 Å². The van der Waals surface area contributed by atoms with Crippen molar-refractivity contribution < 1.29 is 14.3 Å². The fraction of sp³-hybridized carbons (Fsp3) is 0.905. The number of hydrogen-bond donors (Lipinski definition) is 0. The van der Waals surface area contributed by atoms with E-state index in [2.05, 4.69) is 20.8 Å². The second-order valence-corrected chi connectivity index (χ2v) is 9.75. The Kier molecular flexibility index (Phi) is 3.51. The average Bonchev–Trinajstić information content (AvgIpc) is 2.52. The predicted octanol–water partition coefficient (Wildman–Crippen LogP) is 4.39. The van der Waals surface area contributed by atoms with Crippen LogP contribution >= 0.6 is 0 Å². The molecule has 0 aliphatic heterocycles. The van der Waals surface area contributed by atoms with Crippen LogP contribution in [0.1, 0.15) is 72.1 Å². The van der Waals surface area contributed by atoms with Crippen LogP contribution in [0.4, 0.5) is 0 Å². The topological polar surface area (TPSA) is 43.4 Å². The molecule has 0 N–H and O–H groups in total. The second kappa shape index (κ2) is 5.08. The number of Topliss-reactive ketones (excluding diaryl/α,β-unsaturated/α-hetero) is 1. The maximum absolute atomic E-state index is 12.7. The van der Waals surface area contributed by atoms with E-state index in [0.29, 0.717) is 29.0 Å². The van der Waals surface area contributed by atoms with Gasteiger partial charge in [-0.05, 0) is 74.0 Å². The molecule has 0 heterocycles. The molecule has 7 atom stereocenters. The second-order valence-electron chi connectivity index (χ2n) is 9.75. The molecule has 4 aliphatic rings. The standard InChI is InChI=1S/C21H32O3/c1-13-14-6-10-21(14)11-7-16-19(2,17(21)12-15(13)22)8-5-9-20(16,3)18(23)24-4/h13-14,16-17H,5-12H2,1-4H3/t13-,14-,16-,17-,19+,20+,21+/m1/s1. The Morgan fingerprint density at radius 3 is 2.42 bits per heavy atom. The van der Waals surface area contributed by atoms with E-state index in [4.69, 9.17) is 4.74 Å². The third kappa shape index (κ3) is 1.79. The van der Waals surface area contributed by atoms with Gasteiger partial charge in [-0.2, -0.15) is 0 Å². The Morgan fingerprint density at radius 1 is 1.08 bits per heavy atom. The lowest BCUT2D eigenvalue weighted by molar-refractivity contribution is -0.221. The zero-order chi connectivity index (χ0) is 17.3. The number of ether oxygens (including phenoxy) is 1. The summed E-state index contributed by atoms with van der Waals surface area (Å²) in [6.45, 7) is 6.70. The van der Waals surface area contributed by atoms with Crippen LogP contribution in [-0.2, 0) is 14.3 Å². The molecule has 0 aromatic rings. The van der Waals surface area contributed by atoms with E-state index < -0.39 is 0 Å². The highest BCUT2D eigenvalue weighted by atomic mass is 16.5. The highest BCUT2D eigenvalue weighted by Gasteiger charge is 2.68. The largest absolute Gasteiger partial charge is 0.469 e. The van der Waals surface area contributed by atoms with Crippen LogP contribution < -0.4 is 0 Å². The van der Waals surface area contributed by atoms with Crippen molar-refractivity contribution in [2.45, 2.75) is 72.1 Å². The molecule has 24 heavy (non-hydrogen) atoms. The number of hydrogen-bond acceptors (Lipinski definition) is 3. The van der Waals surface area contributed by atoms with Gasteiger partial charge in [0.15, 0.2) is 0 Å². The molecule has 4 saturated carbocycles. The molecule has 134 valence electrons. The zero-order valence-electron chi connectivity index (χ0n) is 15.7.